The highest BCUT2D eigenvalue weighted by atomic mass is 16.5. The van der Waals surface area contributed by atoms with Gasteiger partial charge in [-0.3, -0.25) is 9.59 Å². The molecule has 0 aliphatic carbocycles. The van der Waals surface area contributed by atoms with E-state index in [1.165, 1.54) is 32.4 Å². The van der Waals surface area contributed by atoms with Gasteiger partial charge in [0.2, 0.25) is 11.8 Å². The van der Waals surface area contributed by atoms with Crippen molar-refractivity contribution in [3.63, 3.8) is 0 Å². The summed E-state index contributed by atoms with van der Waals surface area (Å²) < 4.78 is 5.73. The van der Waals surface area contributed by atoms with Gasteiger partial charge in [0.05, 0.1) is 12.5 Å². The highest BCUT2D eigenvalue weighted by Gasteiger charge is 2.36. The third kappa shape index (κ3) is 7.63. The fourth-order valence-corrected chi connectivity index (χ4v) is 7.74. The second-order valence-electron chi connectivity index (χ2n) is 13.2. The fraction of sp³-hybridized carbons (Fsp3) is 0.583. The summed E-state index contributed by atoms with van der Waals surface area (Å²) >= 11 is 0. The average Bonchev–Trinajstić information content (AvgIpc) is 3.08. The van der Waals surface area contributed by atoms with Crippen molar-refractivity contribution < 1.29 is 19.1 Å². The van der Waals surface area contributed by atoms with Gasteiger partial charge in [-0.05, 0) is 94.3 Å². The van der Waals surface area contributed by atoms with E-state index in [1.54, 1.807) is 0 Å². The largest absolute Gasteiger partial charge is 0.494 e. The summed E-state index contributed by atoms with van der Waals surface area (Å²) in [5.41, 5.74) is 3.01. The number of hydrogen-bond acceptors (Lipinski definition) is 5. The van der Waals surface area contributed by atoms with Crippen LogP contribution in [0.5, 0.6) is 5.75 Å². The molecule has 1 N–H and O–H groups in total. The Balaban J connectivity index is 1.08. The molecule has 4 aliphatic heterocycles. The SMILES string of the molecule is CCOc1cccc(CC(CC(=O)N2CCC(N3Cc4ccccc4NC3=O)CC2)C(=O)N2CCC(N3CCCCC3)CC2)c1. The maximum Gasteiger partial charge on any atom is 0.322 e. The molecule has 1 atom stereocenters. The molecule has 3 fully saturated rings. The van der Waals surface area contributed by atoms with E-state index in [4.69, 9.17) is 4.74 Å². The highest BCUT2D eigenvalue weighted by molar-refractivity contribution is 5.92. The molecule has 1 unspecified atom stereocenters. The normalized spacial score (nSPS) is 20.8. The quantitative estimate of drug-likeness (QED) is 0.422. The van der Waals surface area contributed by atoms with E-state index in [2.05, 4.69) is 16.3 Å². The molecule has 0 radical (unpaired) electrons. The molecule has 0 bridgehead atoms. The Kier molecular flexibility index (Phi) is 10.2. The Morgan fingerprint density at radius 2 is 1.58 bits per heavy atom. The molecule has 4 heterocycles. The van der Waals surface area contributed by atoms with Crippen molar-refractivity contribution in [2.45, 2.75) is 83.3 Å². The van der Waals surface area contributed by atoms with Crippen LogP contribution < -0.4 is 10.1 Å². The minimum Gasteiger partial charge on any atom is -0.494 e. The van der Waals surface area contributed by atoms with Crippen molar-refractivity contribution in [2.24, 2.45) is 5.92 Å². The van der Waals surface area contributed by atoms with Crippen LogP contribution in [0.2, 0.25) is 0 Å². The molecule has 2 aromatic rings. The molecule has 6 rings (SSSR count). The van der Waals surface area contributed by atoms with Gasteiger partial charge in [0.1, 0.15) is 5.75 Å². The molecule has 0 saturated carbocycles. The summed E-state index contributed by atoms with van der Waals surface area (Å²) in [7, 11) is 0. The van der Waals surface area contributed by atoms with E-state index in [0.29, 0.717) is 38.7 Å². The third-order valence-corrected chi connectivity index (χ3v) is 10.3. The van der Waals surface area contributed by atoms with Crippen molar-refractivity contribution in [3.8, 4) is 5.75 Å². The number of hydrogen-bond donors (Lipinski definition) is 1. The summed E-state index contributed by atoms with van der Waals surface area (Å²) in [5, 5.41) is 3.02. The smallest absolute Gasteiger partial charge is 0.322 e. The number of fused-ring (bicyclic) bond motifs is 1. The number of piperidine rings is 3. The van der Waals surface area contributed by atoms with Gasteiger partial charge >= 0.3 is 6.03 Å². The number of nitrogens with zero attached hydrogens (tertiary/aromatic N) is 4. The first-order valence-corrected chi connectivity index (χ1v) is 17.2. The Morgan fingerprint density at radius 3 is 2.33 bits per heavy atom. The molecule has 45 heavy (non-hydrogen) atoms. The minimum atomic E-state index is -0.414. The molecule has 2 aromatic carbocycles. The van der Waals surface area contributed by atoms with E-state index >= 15 is 0 Å². The summed E-state index contributed by atoms with van der Waals surface area (Å²) in [5.74, 6) is 0.509. The van der Waals surface area contributed by atoms with Crippen LogP contribution in [0.3, 0.4) is 0 Å². The number of rotatable bonds is 9. The molecule has 0 spiro atoms. The van der Waals surface area contributed by atoms with Crippen molar-refractivity contribution in [2.75, 3.05) is 51.2 Å². The lowest BCUT2D eigenvalue weighted by molar-refractivity contribution is -0.143. The fourth-order valence-electron chi connectivity index (χ4n) is 7.74. The van der Waals surface area contributed by atoms with Crippen LogP contribution >= 0.6 is 0 Å². The number of benzene rings is 2. The number of urea groups is 1. The van der Waals surface area contributed by atoms with Crippen LogP contribution in [-0.2, 0) is 22.6 Å². The number of ether oxygens (including phenoxy) is 1. The molecule has 3 saturated heterocycles. The maximum absolute atomic E-state index is 14.1. The Bertz CT molecular complexity index is 1330. The number of amides is 4. The number of anilines is 1. The monoisotopic (exact) mass is 615 g/mol. The lowest BCUT2D eigenvalue weighted by atomic mass is 9.91. The molecular weight excluding hydrogens is 566 g/mol. The first kappa shape index (κ1) is 31.4. The first-order chi connectivity index (χ1) is 22.0. The molecule has 242 valence electrons. The molecule has 4 aliphatic rings. The van der Waals surface area contributed by atoms with Crippen LogP contribution in [0.15, 0.2) is 48.5 Å². The van der Waals surface area contributed by atoms with E-state index in [0.717, 1.165) is 61.3 Å². The topological polar surface area (TPSA) is 85.4 Å². The van der Waals surface area contributed by atoms with E-state index in [-0.39, 0.29) is 30.3 Å². The number of carbonyl (C=O) groups is 3. The second-order valence-corrected chi connectivity index (χ2v) is 13.2. The zero-order valence-corrected chi connectivity index (χ0v) is 26.8. The molecule has 4 amide bonds. The van der Waals surface area contributed by atoms with Gasteiger partial charge in [-0.25, -0.2) is 4.79 Å². The number of likely N-dealkylation sites (tertiary alicyclic amines) is 3. The molecule has 0 aromatic heterocycles. The van der Waals surface area contributed by atoms with Gasteiger partial charge in [-0.15, -0.1) is 0 Å². The standard InChI is InChI=1S/C36H49N5O4/c1-2-45-32-11-8-9-27(24-32)23-29(35(43)40-21-13-30(14-22-40)38-17-6-3-7-18-38)25-34(42)39-19-15-31(16-20-39)41-26-28-10-4-5-12-33(28)37-36(41)44/h4-5,8-12,24,29-31H,2-3,6-7,13-23,25-26H2,1H3,(H,37,44). The zero-order chi connectivity index (χ0) is 31.2. The van der Waals surface area contributed by atoms with Gasteiger partial charge in [-0.2, -0.15) is 0 Å². The highest BCUT2D eigenvalue weighted by Crippen LogP contribution is 2.29. The van der Waals surface area contributed by atoms with Crippen molar-refractivity contribution in [1.29, 1.82) is 0 Å². The van der Waals surface area contributed by atoms with Gasteiger partial charge in [-0.1, -0.05) is 36.8 Å². The predicted octanol–water partition coefficient (Wildman–Crippen LogP) is 5.15. The summed E-state index contributed by atoms with van der Waals surface area (Å²) in [6, 6.07) is 16.4. The zero-order valence-electron chi connectivity index (χ0n) is 26.8. The summed E-state index contributed by atoms with van der Waals surface area (Å²) in [4.78, 5) is 49.2. The minimum absolute atomic E-state index is 0.0319. The van der Waals surface area contributed by atoms with E-state index in [9.17, 15) is 14.4 Å². The number of para-hydroxylation sites is 1. The molecule has 9 heteroatoms. The Morgan fingerprint density at radius 1 is 0.867 bits per heavy atom. The van der Waals surface area contributed by atoms with Gasteiger partial charge in [0.15, 0.2) is 0 Å². The van der Waals surface area contributed by atoms with Gasteiger partial charge in [0, 0.05) is 56.9 Å². The second kappa shape index (κ2) is 14.7. The van der Waals surface area contributed by atoms with E-state index < -0.39 is 5.92 Å². The third-order valence-electron chi connectivity index (χ3n) is 10.3. The van der Waals surface area contributed by atoms with Crippen LogP contribution in [-0.4, -0.2) is 95.4 Å². The number of nitrogens with one attached hydrogen (secondary N) is 1. The van der Waals surface area contributed by atoms with Gasteiger partial charge in [0.25, 0.3) is 0 Å². The predicted molar refractivity (Wildman–Crippen MR) is 175 cm³/mol. The molecular formula is C36H49N5O4. The van der Waals surface area contributed by atoms with Crippen LogP contribution in [0.4, 0.5) is 10.5 Å². The van der Waals surface area contributed by atoms with Crippen molar-refractivity contribution >= 4 is 23.5 Å². The van der Waals surface area contributed by atoms with Crippen LogP contribution in [0.1, 0.15) is 69.4 Å². The van der Waals surface area contributed by atoms with Crippen molar-refractivity contribution in [1.82, 2.24) is 19.6 Å². The van der Waals surface area contributed by atoms with E-state index in [1.807, 2.05) is 64.1 Å². The Labute approximate surface area is 267 Å². The summed E-state index contributed by atoms with van der Waals surface area (Å²) in [6.45, 7) is 8.20. The first-order valence-electron chi connectivity index (χ1n) is 17.2. The average molecular weight is 616 g/mol. The lowest BCUT2D eigenvalue weighted by Crippen LogP contribution is -2.52. The van der Waals surface area contributed by atoms with Crippen LogP contribution in [0.25, 0.3) is 0 Å². The van der Waals surface area contributed by atoms with Gasteiger partial charge < -0.3 is 29.7 Å². The van der Waals surface area contributed by atoms with Crippen molar-refractivity contribution in [3.05, 3.63) is 59.7 Å². The van der Waals surface area contributed by atoms with Crippen LogP contribution in [0, 0.1) is 5.92 Å². The Hall–Kier alpha value is -3.59. The number of carbonyl (C=O) groups excluding carboxylic acids is 3. The maximum atomic E-state index is 14.1. The summed E-state index contributed by atoms with van der Waals surface area (Å²) in [6.07, 6.45) is 8.09. The lowest BCUT2D eigenvalue weighted by Gasteiger charge is -2.41. The molecule has 9 nitrogen and oxygen atoms in total.